The first-order valence-electron chi connectivity index (χ1n) is 3.80. The van der Waals surface area contributed by atoms with Gasteiger partial charge in [-0.1, -0.05) is 0 Å². The monoisotopic (exact) mass is 193 g/mol. The predicted octanol–water partition coefficient (Wildman–Crippen LogP) is -0.400. The van der Waals surface area contributed by atoms with Crippen LogP contribution >= 0.6 is 0 Å². The Hall–Kier alpha value is -0.420. The molecule has 0 aliphatic heterocycles. The highest BCUT2D eigenvalue weighted by Gasteiger charge is 2.06. The average Bonchev–Trinajstić information content (AvgIpc) is 1.95. The summed E-state index contributed by atoms with van der Waals surface area (Å²) in [6.07, 6.45) is 1.69. The molecule has 4 nitrogen and oxygen atoms in total. The van der Waals surface area contributed by atoms with Gasteiger partial charge in [-0.3, -0.25) is 4.79 Å². The minimum Gasteiger partial charge on any atom is -0.319 e. The molecule has 0 amide bonds. The Morgan fingerprint density at radius 2 is 1.92 bits per heavy atom. The van der Waals surface area contributed by atoms with Crippen LogP contribution in [0.3, 0.4) is 0 Å². The fraction of sp³-hybridized carbons (Fsp3) is 0.857. The Morgan fingerprint density at radius 3 is 2.33 bits per heavy atom. The smallest absolute Gasteiger partial charge is 0.147 e. The molecular weight excluding hydrogens is 178 g/mol. The zero-order valence-corrected chi connectivity index (χ0v) is 8.28. The van der Waals surface area contributed by atoms with Gasteiger partial charge in [0.2, 0.25) is 0 Å². The predicted molar refractivity (Wildman–Crippen MR) is 47.9 cm³/mol. The van der Waals surface area contributed by atoms with E-state index in [1.165, 1.54) is 0 Å². The van der Waals surface area contributed by atoms with Gasteiger partial charge in [-0.2, -0.15) is 0 Å². The van der Waals surface area contributed by atoms with E-state index >= 15 is 0 Å². The molecule has 0 spiro atoms. The maximum absolute atomic E-state index is 10.9. The molecule has 0 aromatic carbocycles. The summed E-state index contributed by atoms with van der Waals surface area (Å²) in [5, 5.41) is 2.83. The van der Waals surface area contributed by atoms with Crippen LogP contribution in [0.1, 0.15) is 12.8 Å². The summed E-state index contributed by atoms with van der Waals surface area (Å²) >= 11 is 0. The number of hydrogen-bond acceptors (Lipinski definition) is 4. The van der Waals surface area contributed by atoms with Crippen molar-refractivity contribution in [3.05, 3.63) is 0 Å². The molecule has 0 aliphatic rings. The standard InChI is InChI=1S/C7H15NO3S/c1-8-5-3-7(9)4-6-12(2,10)11/h8H,3-6H2,1-2H3. The van der Waals surface area contributed by atoms with Gasteiger partial charge in [0.05, 0.1) is 5.75 Å². The lowest BCUT2D eigenvalue weighted by Gasteiger charge is -1.98. The molecule has 72 valence electrons. The summed E-state index contributed by atoms with van der Waals surface area (Å²) in [7, 11) is -1.23. The maximum atomic E-state index is 10.9. The third kappa shape index (κ3) is 7.68. The van der Waals surface area contributed by atoms with Crippen molar-refractivity contribution in [2.45, 2.75) is 12.8 Å². The van der Waals surface area contributed by atoms with Crippen molar-refractivity contribution in [3.8, 4) is 0 Å². The van der Waals surface area contributed by atoms with Crippen molar-refractivity contribution in [2.75, 3.05) is 25.6 Å². The third-order valence-electron chi connectivity index (χ3n) is 1.41. The van der Waals surface area contributed by atoms with Gasteiger partial charge in [0, 0.05) is 25.6 Å². The average molecular weight is 193 g/mol. The van der Waals surface area contributed by atoms with Crippen molar-refractivity contribution < 1.29 is 13.2 Å². The molecule has 0 aromatic heterocycles. The first-order chi connectivity index (χ1) is 5.45. The fourth-order valence-electron chi connectivity index (χ4n) is 0.689. The van der Waals surface area contributed by atoms with Gasteiger partial charge in [0.1, 0.15) is 15.6 Å². The maximum Gasteiger partial charge on any atom is 0.147 e. The Labute approximate surface area is 73.3 Å². The summed E-state index contributed by atoms with van der Waals surface area (Å²) < 4.78 is 21.3. The van der Waals surface area contributed by atoms with E-state index in [-0.39, 0.29) is 18.0 Å². The second kappa shape index (κ2) is 5.27. The van der Waals surface area contributed by atoms with Gasteiger partial charge in [-0.05, 0) is 7.05 Å². The van der Waals surface area contributed by atoms with Crippen LogP contribution in [0, 0.1) is 0 Å². The molecule has 5 heteroatoms. The van der Waals surface area contributed by atoms with Crippen molar-refractivity contribution in [1.82, 2.24) is 5.32 Å². The minimum absolute atomic E-state index is 0.00484. The molecule has 0 aromatic rings. The molecular formula is C7H15NO3S. The van der Waals surface area contributed by atoms with Crippen LogP contribution in [-0.2, 0) is 14.6 Å². The minimum atomic E-state index is -2.99. The van der Waals surface area contributed by atoms with E-state index in [1.807, 2.05) is 0 Å². The zero-order chi connectivity index (χ0) is 9.61. The molecule has 0 fully saturated rings. The van der Waals surface area contributed by atoms with Crippen molar-refractivity contribution in [3.63, 3.8) is 0 Å². The van der Waals surface area contributed by atoms with Crippen LogP contribution in [0.2, 0.25) is 0 Å². The van der Waals surface area contributed by atoms with Gasteiger partial charge >= 0.3 is 0 Å². The Kier molecular flexibility index (Phi) is 5.08. The van der Waals surface area contributed by atoms with Crippen LogP contribution in [0.4, 0.5) is 0 Å². The number of nitrogens with one attached hydrogen (secondary N) is 1. The summed E-state index contributed by atoms with van der Waals surface area (Å²) in [6.45, 7) is 0.614. The Balaban J connectivity index is 3.58. The largest absolute Gasteiger partial charge is 0.319 e. The van der Waals surface area contributed by atoms with E-state index < -0.39 is 9.84 Å². The second-order valence-electron chi connectivity index (χ2n) is 2.77. The molecule has 12 heavy (non-hydrogen) atoms. The SMILES string of the molecule is CNCCC(=O)CCS(C)(=O)=O. The number of rotatable bonds is 6. The van der Waals surface area contributed by atoms with Crippen molar-refractivity contribution in [1.29, 1.82) is 0 Å². The first-order valence-corrected chi connectivity index (χ1v) is 5.86. The van der Waals surface area contributed by atoms with E-state index in [9.17, 15) is 13.2 Å². The lowest BCUT2D eigenvalue weighted by atomic mass is 10.2. The lowest BCUT2D eigenvalue weighted by Crippen LogP contribution is -2.15. The normalized spacial score (nSPS) is 11.5. The number of hydrogen-bond donors (Lipinski definition) is 1. The number of Topliss-reactive ketones (excluding diaryl/α,β-unsaturated/α-hetero) is 1. The highest BCUT2D eigenvalue weighted by atomic mass is 32.2. The molecule has 0 radical (unpaired) electrons. The number of carbonyl (C=O) groups excluding carboxylic acids is 1. The number of sulfone groups is 1. The van der Waals surface area contributed by atoms with Gasteiger partial charge in [0.15, 0.2) is 0 Å². The lowest BCUT2D eigenvalue weighted by molar-refractivity contribution is -0.118. The summed E-state index contributed by atoms with van der Waals surface area (Å²) in [4.78, 5) is 10.9. The molecule has 0 heterocycles. The zero-order valence-electron chi connectivity index (χ0n) is 7.46. The highest BCUT2D eigenvalue weighted by molar-refractivity contribution is 7.90. The van der Waals surface area contributed by atoms with E-state index in [0.717, 1.165) is 6.26 Å². The van der Waals surface area contributed by atoms with Crippen LogP contribution in [0.5, 0.6) is 0 Å². The highest BCUT2D eigenvalue weighted by Crippen LogP contribution is 1.93. The molecule has 0 rings (SSSR count). The topological polar surface area (TPSA) is 63.2 Å². The quantitative estimate of drug-likeness (QED) is 0.623. The van der Waals surface area contributed by atoms with Crippen LogP contribution in [0.25, 0.3) is 0 Å². The van der Waals surface area contributed by atoms with Crippen LogP contribution < -0.4 is 5.32 Å². The van der Waals surface area contributed by atoms with Crippen LogP contribution in [-0.4, -0.2) is 39.8 Å². The van der Waals surface area contributed by atoms with E-state index in [4.69, 9.17) is 0 Å². The molecule has 0 bridgehead atoms. The third-order valence-corrected chi connectivity index (χ3v) is 2.35. The molecule has 0 saturated carbocycles. The van der Waals surface area contributed by atoms with Gasteiger partial charge in [-0.15, -0.1) is 0 Å². The van der Waals surface area contributed by atoms with E-state index in [0.29, 0.717) is 13.0 Å². The molecule has 1 N–H and O–H groups in total. The summed E-state index contributed by atoms with van der Waals surface area (Å²) in [6, 6.07) is 0. The first kappa shape index (κ1) is 11.6. The van der Waals surface area contributed by atoms with Crippen LogP contribution in [0.15, 0.2) is 0 Å². The molecule has 0 atom stereocenters. The Morgan fingerprint density at radius 1 is 1.33 bits per heavy atom. The van der Waals surface area contributed by atoms with Gasteiger partial charge in [-0.25, -0.2) is 8.42 Å². The second-order valence-corrected chi connectivity index (χ2v) is 5.03. The molecule has 0 aliphatic carbocycles. The molecule has 0 unspecified atom stereocenters. The van der Waals surface area contributed by atoms with E-state index in [1.54, 1.807) is 7.05 Å². The number of ketones is 1. The van der Waals surface area contributed by atoms with Crippen molar-refractivity contribution in [2.24, 2.45) is 0 Å². The molecule has 0 saturated heterocycles. The van der Waals surface area contributed by atoms with E-state index in [2.05, 4.69) is 5.32 Å². The number of carbonyl (C=O) groups is 1. The fourth-order valence-corrected chi connectivity index (χ4v) is 1.29. The Bertz CT molecular complexity index is 233. The van der Waals surface area contributed by atoms with Gasteiger partial charge < -0.3 is 5.32 Å². The van der Waals surface area contributed by atoms with Crippen molar-refractivity contribution >= 4 is 15.6 Å². The van der Waals surface area contributed by atoms with Gasteiger partial charge in [0.25, 0.3) is 0 Å². The summed E-state index contributed by atoms with van der Waals surface area (Å²) in [5.74, 6) is -0.0370. The summed E-state index contributed by atoms with van der Waals surface area (Å²) in [5.41, 5.74) is 0.